The number of rotatable bonds is 0. The van der Waals surface area contributed by atoms with Crippen LogP contribution < -0.4 is 0 Å². The lowest BCUT2D eigenvalue weighted by Crippen LogP contribution is -1.85. The SMILES string of the molecule is Cc1nc2cncnc2n1Cl. The summed E-state index contributed by atoms with van der Waals surface area (Å²) in [6.45, 7) is 1.81. The van der Waals surface area contributed by atoms with Gasteiger partial charge in [0.05, 0.1) is 6.20 Å². The van der Waals surface area contributed by atoms with Gasteiger partial charge in [0.25, 0.3) is 0 Å². The Morgan fingerprint density at radius 3 is 3.09 bits per heavy atom. The molecule has 56 valence electrons. The molecule has 0 N–H and O–H groups in total. The number of hydrogen-bond donors (Lipinski definition) is 0. The van der Waals surface area contributed by atoms with Gasteiger partial charge < -0.3 is 0 Å². The first kappa shape index (κ1) is 6.54. The second kappa shape index (κ2) is 2.17. The van der Waals surface area contributed by atoms with Crippen LogP contribution in [0.5, 0.6) is 0 Å². The monoisotopic (exact) mass is 168 g/mol. The van der Waals surface area contributed by atoms with Crippen LogP contribution in [0.1, 0.15) is 5.82 Å². The fourth-order valence-corrected chi connectivity index (χ4v) is 1.09. The van der Waals surface area contributed by atoms with Crippen LogP contribution in [0.25, 0.3) is 11.2 Å². The van der Waals surface area contributed by atoms with Crippen LogP contribution in [-0.4, -0.2) is 19.0 Å². The van der Waals surface area contributed by atoms with Crippen LogP contribution >= 0.6 is 11.8 Å². The third kappa shape index (κ3) is 0.867. The Hall–Kier alpha value is -1.16. The molecule has 0 aliphatic carbocycles. The molecule has 2 heterocycles. The quantitative estimate of drug-likeness (QED) is 0.593. The minimum Gasteiger partial charge on any atom is -0.242 e. The second-order valence-electron chi connectivity index (χ2n) is 2.17. The van der Waals surface area contributed by atoms with Crippen LogP contribution in [0.4, 0.5) is 0 Å². The van der Waals surface area contributed by atoms with Gasteiger partial charge in [0.15, 0.2) is 5.65 Å². The molecule has 0 bridgehead atoms. The lowest BCUT2D eigenvalue weighted by atomic mass is 10.6. The molecule has 0 radical (unpaired) electrons. The van der Waals surface area contributed by atoms with Crippen molar-refractivity contribution >= 4 is 22.9 Å². The third-order valence-electron chi connectivity index (χ3n) is 1.42. The first-order valence-corrected chi connectivity index (χ1v) is 3.44. The Balaban J connectivity index is 2.92. The molecule has 0 saturated heterocycles. The van der Waals surface area contributed by atoms with Gasteiger partial charge in [-0.2, -0.15) is 0 Å². The van der Waals surface area contributed by atoms with Crippen LogP contribution in [0.15, 0.2) is 12.5 Å². The minimum absolute atomic E-state index is 0.652. The van der Waals surface area contributed by atoms with Crippen LogP contribution in [0.2, 0.25) is 0 Å². The fourth-order valence-electron chi connectivity index (χ4n) is 0.917. The van der Waals surface area contributed by atoms with E-state index in [1.165, 1.54) is 10.4 Å². The maximum absolute atomic E-state index is 5.81. The molecule has 11 heavy (non-hydrogen) atoms. The number of hydrogen-bond acceptors (Lipinski definition) is 3. The summed E-state index contributed by atoms with van der Waals surface area (Å²) in [6.07, 6.45) is 3.08. The number of nitrogens with zero attached hydrogens (tertiary/aromatic N) is 4. The molecule has 0 aliphatic heterocycles. The van der Waals surface area contributed by atoms with Gasteiger partial charge in [-0.05, 0) is 6.92 Å². The lowest BCUT2D eigenvalue weighted by Gasteiger charge is -1.88. The van der Waals surface area contributed by atoms with Crippen LogP contribution in [0, 0.1) is 6.92 Å². The van der Waals surface area contributed by atoms with Gasteiger partial charge in [0.2, 0.25) is 0 Å². The van der Waals surface area contributed by atoms with E-state index < -0.39 is 0 Å². The van der Waals surface area contributed by atoms with Gasteiger partial charge in [-0.25, -0.2) is 19.0 Å². The zero-order chi connectivity index (χ0) is 7.84. The summed E-state index contributed by atoms with van der Waals surface area (Å²) >= 11 is 5.81. The van der Waals surface area contributed by atoms with Gasteiger partial charge in [0, 0.05) is 11.8 Å². The Morgan fingerprint density at radius 2 is 2.36 bits per heavy atom. The van der Waals surface area contributed by atoms with Gasteiger partial charge >= 0.3 is 0 Å². The smallest absolute Gasteiger partial charge is 0.178 e. The van der Waals surface area contributed by atoms with E-state index in [0.717, 1.165) is 11.3 Å². The number of aromatic nitrogens is 4. The Labute approximate surface area is 68.0 Å². The lowest BCUT2D eigenvalue weighted by molar-refractivity contribution is 1.09. The van der Waals surface area contributed by atoms with E-state index >= 15 is 0 Å². The fraction of sp³-hybridized carbons (Fsp3) is 0.167. The molecule has 0 amide bonds. The minimum atomic E-state index is 0.652. The Bertz CT molecular complexity index is 394. The van der Waals surface area contributed by atoms with E-state index in [0.29, 0.717) is 5.65 Å². The summed E-state index contributed by atoms with van der Waals surface area (Å²) in [5.41, 5.74) is 1.37. The van der Waals surface area contributed by atoms with Crippen molar-refractivity contribution in [2.45, 2.75) is 6.92 Å². The van der Waals surface area contributed by atoms with Crippen molar-refractivity contribution in [3.05, 3.63) is 18.3 Å². The predicted molar refractivity (Wildman–Crippen MR) is 41.3 cm³/mol. The summed E-state index contributed by atoms with van der Waals surface area (Å²) in [5.74, 6) is 0.724. The largest absolute Gasteiger partial charge is 0.242 e. The van der Waals surface area contributed by atoms with Crippen molar-refractivity contribution in [3.63, 3.8) is 0 Å². The first-order chi connectivity index (χ1) is 5.29. The molecule has 0 unspecified atom stereocenters. The summed E-state index contributed by atoms with van der Waals surface area (Å²) in [4.78, 5) is 11.9. The summed E-state index contributed by atoms with van der Waals surface area (Å²) in [5, 5.41) is 0. The average Bonchev–Trinajstić information content (AvgIpc) is 2.30. The van der Waals surface area contributed by atoms with Gasteiger partial charge in [-0.3, -0.25) is 0 Å². The van der Waals surface area contributed by atoms with Gasteiger partial charge in [-0.1, -0.05) is 0 Å². The summed E-state index contributed by atoms with van der Waals surface area (Å²) < 4.78 is 1.41. The van der Waals surface area contributed by atoms with Crippen LogP contribution in [0.3, 0.4) is 0 Å². The van der Waals surface area contributed by atoms with E-state index in [9.17, 15) is 0 Å². The van der Waals surface area contributed by atoms with Gasteiger partial charge in [-0.15, -0.1) is 0 Å². The highest BCUT2D eigenvalue weighted by molar-refractivity contribution is 6.18. The first-order valence-electron chi connectivity index (χ1n) is 3.10. The predicted octanol–water partition coefficient (Wildman–Crippen LogP) is 1.14. The van der Waals surface area contributed by atoms with E-state index in [4.69, 9.17) is 11.8 Å². The Kier molecular flexibility index (Phi) is 1.29. The van der Waals surface area contributed by atoms with Crippen molar-refractivity contribution in [1.82, 2.24) is 19.0 Å². The number of aryl methyl sites for hydroxylation is 1. The maximum atomic E-state index is 5.81. The third-order valence-corrected chi connectivity index (χ3v) is 1.83. The van der Waals surface area contributed by atoms with Crippen molar-refractivity contribution in [1.29, 1.82) is 0 Å². The van der Waals surface area contributed by atoms with E-state index in [2.05, 4.69) is 15.0 Å². The number of fused-ring (bicyclic) bond motifs is 1. The molecule has 0 atom stereocenters. The molecular weight excluding hydrogens is 164 g/mol. The summed E-state index contributed by atoms with van der Waals surface area (Å²) in [6, 6.07) is 0. The molecule has 0 fully saturated rings. The molecular formula is C6H5ClN4. The van der Waals surface area contributed by atoms with Crippen LogP contribution in [-0.2, 0) is 0 Å². The topological polar surface area (TPSA) is 43.6 Å². The highest BCUT2D eigenvalue weighted by Crippen LogP contribution is 2.11. The standard InChI is InChI=1S/C6H5ClN4/c1-4-10-5-2-8-3-9-6(5)11(4)7/h2-3H,1H3. The molecule has 0 saturated carbocycles. The summed E-state index contributed by atoms with van der Waals surface area (Å²) in [7, 11) is 0. The van der Waals surface area contributed by atoms with Gasteiger partial charge in [0.1, 0.15) is 17.7 Å². The van der Waals surface area contributed by atoms with Crippen molar-refractivity contribution in [3.8, 4) is 0 Å². The van der Waals surface area contributed by atoms with Crippen molar-refractivity contribution in [2.24, 2.45) is 0 Å². The number of imidazole rings is 1. The number of halogens is 1. The average molecular weight is 169 g/mol. The molecule has 2 aromatic heterocycles. The normalized spacial score (nSPS) is 10.7. The molecule has 0 spiro atoms. The second-order valence-corrected chi connectivity index (χ2v) is 2.51. The molecule has 4 nitrogen and oxygen atoms in total. The highest BCUT2D eigenvalue weighted by Gasteiger charge is 2.04. The van der Waals surface area contributed by atoms with Crippen molar-refractivity contribution in [2.75, 3.05) is 0 Å². The van der Waals surface area contributed by atoms with E-state index in [-0.39, 0.29) is 0 Å². The Morgan fingerprint density at radius 1 is 1.55 bits per heavy atom. The molecule has 5 heteroatoms. The molecule has 0 aliphatic rings. The van der Waals surface area contributed by atoms with Crippen molar-refractivity contribution < 1.29 is 0 Å². The molecule has 2 rings (SSSR count). The maximum Gasteiger partial charge on any atom is 0.178 e. The zero-order valence-electron chi connectivity index (χ0n) is 5.82. The molecule has 2 aromatic rings. The highest BCUT2D eigenvalue weighted by atomic mass is 35.5. The van der Waals surface area contributed by atoms with E-state index in [1.807, 2.05) is 6.92 Å². The van der Waals surface area contributed by atoms with E-state index in [1.54, 1.807) is 6.20 Å². The zero-order valence-corrected chi connectivity index (χ0v) is 6.58. The molecule has 0 aromatic carbocycles.